The molecular weight excluding hydrogens is 194 g/mol. The molecule has 0 aliphatic carbocycles. The summed E-state index contributed by atoms with van der Waals surface area (Å²) in [5, 5.41) is 0. The maximum atomic E-state index is 12.1. The second-order valence-corrected chi connectivity index (χ2v) is 4.31. The predicted molar refractivity (Wildman–Crippen MR) is 56.7 cm³/mol. The van der Waals surface area contributed by atoms with Crippen LogP contribution >= 0.6 is 0 Å². The van der Waals surface area contributed by atoms with Gasteiger partial charge < -0.3 is 16.4 Å². The molecule has 0 spiro atoms. The number of likely N-dealkylation sites (tertiary alicyclic amines) is 1. The van der Waals surface area contributed by atoms with E-state index in [4.69, 9.17) is 7.15 Å². The van der Waals surface area contributed by atoms with Crippen molar-refractivity contribution in [3.05, 3.63) is 0 Å². The smallest absolute Gasteiger partial charge is 0.240 e. The van der Waals surface area contributed by atoms with Gasteiger partial charge in [-0.3, -0.25) is 9.59 Å². The van der Waals surface area contributed by atoms with Gasteiger partial charge in [0.2, 0.25) is 11.8 Å². The molecule has 5 heteroatoms. The van der Waals surface area contributed by atoms with Crippen molar-refractivity contribution in [2.75, 3.05) is 6.54 Å². The average molecular weight is 214 g/mol. The summed E-state index contributed by atoms with van der Waals surface area (Å²) in [6, 6.07) is -1.07. The fraction of sp³-hybridized carbons (Fsp3) is 0.800. The fourth-order valence-corrected chi connectivity index (χ4v) is 1.79. The molecule has 1 rings (SSSR count). The Morgan fingerprint density at radius 1 is 1.53 bits per heavy atom. The van der Waals surface area contributed by atoms with E-state index in [1.54, 1.807) is 0 Å². The summed E-state index contributed by atoms with van der Waals surface area (Å²) < 4.78 is 7.14. The van der Waals surface area contributed by atoms with E-state index >= 15 is 0 Å². The lowest BCUT2D eigenvalue weighted by Gasteiger charge is -2.26. The van der Waals surface area contributed by atoms with Crippen LogP contribution in [0.5, 0.6) is 0 Å². The first kappa shape index (κ1) is 10.4. The average Bonchev–Trinajstić information content (AvgIpc) is 2.65. The number of hydrogen-bond donors (Lipinski definition) is 2. The van der Waals surface area contributed by atoms with Crippen LogP contribution < -0.4 is 11.5 Å². The first-order valence-corrected chi connectivity index (χ1v) is 5.26. The first-order chi connectivity index (χ1) is 7.49. The van der Waals surface area contributed by atoms with Crippen molar-refractivity contribution in [2.45, 2.75) is 38.8 Å². The van der Waals surface area contributed by atoms with Gasteiger partial charge in [-0.2, -0.15) is 0 Å². The summed E-state index contributed by atoms with van der Waals surface area (Å²) in [7, 11) is 0. The highest BCUT2D eigenvalue weighted by Gasteiger charge is 2.35. The highest BCUT2D eigenvalue weighted by atomic mass is 16.2. The summed E-state index contributed by atoms with van der Waals surface area (Å²) in [5.41, 5.74) is 7.49. The minimum Gasteiger partial charge on any atom is -0.368 e. The highest BCUT2D eigenvalue weighted by molar-refractivity contribution is 5.89. The molecule has 86 valence electrons. The Morgan fingerprint density at radius 2 is 2.20 bits per heavy atom. The summed E-state index contributed by atoms with van der Waals surface area (Å²) >= 11 is 0. The van der Waals surface area contributed by atoms with E-state index in [-0.39, 0.29) is 11.8 Å². The molecule has 1 heterocycles. The lowest BCUT2D eigenvalue weighted by molar-refractivity contribution is -0.139. The van der Waals surface area contributed by atoms with Crippen LogP contribution in [0, 0.1) is 5.92 Å². The molecule has 1 saturated heterocycles. The Labute approximate surface area is 91.2 Å². The summed E-state index contributed by atoms with van der Waals surface area (Å²) in [6.45, 7) is 4.27. The maximum Gasteiger partial charge on any atom is 0.240 e. The van der Waals surface area contributed by atoms with Gasteiger partial charge in [0.05, 0.1) is 6.04 Å². The van der Waals surface area contributed by atoms with Gasteiger partial charge in [0.25, 0.3) is 0 Å². The number of primary amides is 1. The Kier molecular flexibility index (Phi) is 3.20. The van der Waals surface area contributed by atoms with E-state index in [1.165, 1.54) is 4.90 Å². The largest absolute Gasteiger partial charge is 0.368 e. The van der Waals surface area contributed by atoms with E-state index in [9.17, 15) is 9.59 Å². The van der Waals surface area contributed by atoms with Crippen LogP contribution in [0.3, 0.4) is 0 Å². The standard InChI is InChI=1S/C10H19N3O2/c1-6(2)8(11)10(15)13-5-3-4-7(13)9(12)14/h6-8H,3-5,11H2,1-2H3,(H2,12,14)/t7-,8-/m0/s1/i/hD. The molecule has 1 aliphatic rings. The quantitative estimate of drug-likeness (QED) is 0.657. The van der Waals surface area contributed by atoms with Crippen LogP contribution in [0.4, 0.5) is 0 Å². The second kappa shape index (κ2) is 4.61. The molecule has 0 unspecified atom stereocenters. The van der Waals surface area contributed by atoms with Gasteiger partial charge in [-0.05, 0) is 18.8 Å². The monoisotopic (exact) mass is 214 g/mol. The third-order valence-electron chi connectivity index (χ3n) is 2.80. The molecule has 4 N–H and O–H groups in total. The van der Waals surface area contributed by atoms with Crippen molar-refractivity contribution in [2.24, 2.45) is 17.4 Å². The van der Waals surface area contributed by atoms with Gasteiger partial charge in [0, 0.05) is 6.54 Å². The molecule has 0 aromatic heterocycles. The van der Waals surface area contributed by atoms with Crippen LogP contribution in [0.1, 0.15) is 26.7 Å². The molecule has 15 heavy (non-hydrogen) atoms. The normalized spacial score (nSPS) is 24.1. The minimum absolute atomic E-state index is 0.0131. The fourth-order valence-electron chi connectivity index (χ4n) is 1.79. The van der Waals surface area contributed by atoms with E-state index in [1.807, 2.05) is 13.8 Å². The number of rotatable bonds is 4. The predicted octanol–water partition coefficient (Wildman–Crippen LogP) is -0.554. The number of nitrogens with zero attached hydrogens (tertiary/aromatic N) is 1. The van der Waals surface area contributed by atoms with Gasteiger partial charge in [0.1, 0.15) is 7.45 Å². The SMILES string of the molecule is [2H]N[C@H](C(=O)N1CCC[C@H]1C(N)=O)C(C)C. The zero-order chi connectivity index (χ0) is 12.3. The molecule has 0 aromatic carbocycles. The lowest BCUT2D eigenvalue weighted by atomic mass is 10.0. The third kappa shape index (κ3) is 2.47. The van der Waals surface area contributed by atoms with E-state index in [0.29, 0.717) is 13.0 Å². The van der Waals surface area contributed by atoms with Crippen molar-refractivity contribution < 1.29 is 11.0 Å². The van der Waals surface area contributed by atoms with Crippen molar-refractivity contribution in [1.82, 2.24) is 4.90 Å². The Balaban J connectivity index is 2.75. The number of nitrogens with two attached hydrogens (primary N) is 2. The van der Waals surface area contributed by atoms with Crippen LogP contribution in [0.25, 0.3) is 0 Å². The molecule has 0 aromatic rings. The zero-order valence-corrected chi connectivity index (χ0v) is 9.19. The summed E-state index contributed by atoms with van der Waals surface area (Å²) in [6.07, 6.45) is 1.42. The maximum absolute atomic E-state index is 12.1. The van der Waals surface area contributed by atoms with Crippen LogP contribution in [0.2, 0.25) is 1.41 Å². The number of hydrogen-bond acceptors (Lipinski definition) is 3. The van der Waals surface area contributed by atoms with Crippen LogP contribution in [-0.2, 0) is 9.59 Å². The first-order valence-electron chi connectivity index (χ1n) is 5.76. The van der Waals surface area contributed by atoms with Crippen LogP contribution in [-0.4, -0.2) is 35.3 Å². The van der Waals surface area contributed by atoms with E-state index < -0.39 is 18.0 Å². The Morgan fingerprint density at radius 3 is 2.67 bits per heavy atom. The third-order valence-corrected chi connectivity index (χ3v) is 2.80. The number of carbonyl (C=O) groups is 2. The molecule has 0 radical (unpaired) electrons. The highest BCUT2D eigenvalue weighted by Crippen LogP contribution is 2.18. The summed E-state index contributed by atoms with van der Waals surface area (Å²) in [4.78, 5) is 24.7. The zero-order valence-electron chi connectivity index (χ0n) is 10.2. The van der Waals surface area contributed by atoms with Crippen molar-refractivity contribution in [1.29, 1.82) is 0 Å². The van der Waals surface area contributed by atoms with Crippen molar-refractivity contribution in [3.8, 4) is 0 Å². The Bertz CT molecular complexity index is 283. The van der Waals surface area contributed by atoms with Crippen molar-refractivity contribution >= 4 is 11.8 Å². The van der Waals surface area contributed by atoms with E-state index in [0.717, 1.165) is 6.42 Å². The molecule has 5 nitrogen and oxygen atoms in total. The molecule has 1 fully saturated rings. The molecule has 2 atom stereocenters. The minimum atomic E-state index is -0.569. The molecular formula is C10H19N3O2. The van der Waals surface area contributed by atoms with Gasteiger partial charge in [0.15, 0.2) is 0 Å². The molecule has 0 bridgehead atoms. The van der Waals surface area contributed by atoms with Crippen LogP contribution in [0.15, 0.2) is 0 Å². The van der Waals surface area contributed by atoms with Gasteiger partial charge in [-0.15, -0.1) is 0 Å². The van der Waals surface area contributed by atoms with Gasteiger partial charge in [-0.25, -0.2) is 0 Å². The molecule has 2 amide bonds. The number of amides is 2. The lowest BCUT2D eigenvalue weighted by Crippen LogP contribution is -2.51. The van der Waals surface area contributed by atoms with Gasteiger partial charge >= 0.3 is 0 Å². The topological polar surface area (TPSA) is 89.4 Å². The Hall–Kier alpha value is -1.10. The van der Waals surface area contributed by atoms with E-state index in [2.05, 4.69) is 5.73 Å². The molecule has 1 aliphatic heterocycles. The summed E-state index contributed by atoms with van der Waals surface area (Å²) in [5.74, 6) is -0.649. The van der Waals surface area contributed by atoms with Crippen molar-refractivity contribution in [3.63, 3.8) is 0 Å². The number of carbonyl (C=O) groups excluding carboxylic acids is 2. The van der Waals surface area contributed by atoms with Gasteiger partial charge in [-0.1, -0.05) is 13.8 Å². The second-order valence-electron chi connectivity index (χ2n) is 4.31. The molecule has 0 saturated carbocycles.